The van der Waals surface area contributed by atoms with Crippen molar-refractivity contribution in [2.75, 3.05) is 0 Å². The molecule has 0 saturated heterocycles. The van der Waals surface area contributed by atoms with Crippen molar-refractivity contribution in [2.45, 2.75) is 11.8 Å². The van der Waals surface area contributed by atoms with Gasteiger partial charge in [0.05, 0.1) is 8.61 Å². The maximum atomic E-state index is 13.9. The second kappa shape index (κ2) is 5.16. The topological polar surface area (TPSA) is 0 Å². The zero-order valence-electron chi connectivity index (χ0n) is 8.81. The molecule has 1 heterocycles. The average molecular weight is 382 g/mol. The highest BCUT2D eigenvalue weighted by atomic mass is 79.9. The van der Waals surface area contributed by atoms with Crippen molar-refractivity contribution in [3.05, 3.63) is 55.7 Å². The Hall–Kier alpha value is -0.260. The molecule has 0 radical (unpaired) electrons. The molecule has 0 spiro atoms. The number of thiophene rings is 1. The lowest BCUT2D eigenvalue weighted by Crippen LogP contribution is -2.01. The van der Waals surface area contributed by atoms with Crippen LogP contribution in [-0.2, 0) is 0 Å². The molecule has 0 N–H and O–H groups in total. The quantitative estimate of drug-likeness (QED) is 0.595. The summed E-state index contributed by atoms with van der Waals surface area (Å²) in [5.74, 6) is -1.02. The molecule has 90 valence electrons. The summed E-state index contributed by atoms with van der Waals surface area (Å²) in [4.78, 5) is 0.402. The lowest BCUT2D eigenvalue weighted by Gasteiger charge is -2.12. The predicted octanol–water partition coefficient (Wildman–Crippen LogP) is 5.58. The van der Waals surface area contributed by atoms with Gasteiger partial charge in [0.1, 0.15) is 11.6 Å². The third-order valence-electron chi connectivity index (χ3n) is 2.42. The van der Waals surface area contributed by atoms with E-state index in [1.165, 1.54) is 23.5 Å². The smallest absolute Gasteiger partial charge is 0.133 e. The second-order valence-electron chi connectivity index (χ2n) is 3.60. The van der Waals surface area contributed by atoms with Gasteiger partial charge in [0.15, 0.2) is 0 Å². The van der Waals surface area contributed by atoms with Crippen molar-refractivity contribution in [1.29, 1.82) is 0 Å². The van der Waals surface area contributed by atoms with E-state index in [-0.39, 0.29) is 5.56 Å². The van der Waals surface area contributed by atoms with Crippen LogP contribution in [0.2, 0.25) is 0 Å². The molecule has 1 unspecified atom stereocenters. The first-order valence-electron chi connectivity index (χ1n) is 4.84. The molecule has 0 bridgehead atoms. The van der Waals surface area contributed by atoms with E-state index in [2.05, 4.69) is 31.9 Å². The minimum absolute atomic E-state index is 0.0688. The summed E-state index contributed by atoms with van der Waals surface area (Å²) in [5, 5.41) is 0. The third kappa shape index (κ3) is 2.61. The van der Waals surface area contributed by atoms with E-state index >= 15 is 0 Å². The molecule has 1 atom stereocenters. The fourth-order valence-corrected chi connectivity index (χ4v) is 3.78. The molecular formula is C12H8Br2F2S. The van der Waals surface area contributed by atoms with Gasteiger partial charge in [-0.25, -0.2) is 8.78 Å². The fraction of sp³-hybridized carbons (Fsp3) is 0.167. The van der Waals surface area contributed by atoms with Crippen LogP contribution in [0.1, 0.15) is 20.8 Å². The zero-order chi connectivity index (χ0) is 12.6. The SMILES string of the molecule is Cc1ccc(F)c(C(Br)c2ccc(Br)s2)c1F. The highest BCUT2D eigenvalue weighted by Gasteiger charge is 2.21. The number of aryl methyl sites for hydroxylation is 1. The van der Waals surface area contributed by atoms with Gasteiger partial charge in [-0.3, -0.25) is 0 Å². The molecule has 0 saturated carbocycles. The summed E-state index contributed by atoms with van der Waals surface area (Å²) in [6.07, 6.45) is 0. The highest BCUT2D eigenvalue weighted by molar-refractivity contribution is 9.11. The number of hydrogen-bond acceptors (Lipinski definition) is 1. The van der Waals surface area contributed by atoms with Gasteiger partial charge < -0.3 is 0 Å². The summed E-state index contributed by atoms with van der Waals surface area (Å²) >= 11 is 8.14. The van der Waals surface area contributed by atoms with Crippen LogP contribution in [0.3, 0.4) is 0 Å². The van der Waals surface area contributed by atoms with E-state index in [1.54, 1.807) is 6.92 Å². The van der Waals surface area contributed by atoms with Crippen LogP contribution in [0, 0.1) is 18.6 Å². The Morgan fingerprint density at radius 1 is 1.18 bits per heavy atom. The summed E-state index contributed by atoms with van der Waals surface area (Å²) in [5.41, 5.74) is 0.515. The summed E-state index contributed by atoms with van der Waals surface area (Å²) < 4.78 is 28.6. The van der Waals surface area contributed by atoms with Gasteiger partial charge in [0.2, 0.25) is 0 Å². The van der Waals surface area contributed by atoms with E-state index in [4.69, 9.17) is 0 Å². The van der Waals surface area contributed by atoms with Crippen LogP contribution in [0.5, 0.6) is 0 Å². The summed E-state index contributed by atoms with van der Waals surface area (Å²) in [7, 11) is 0. The first kappa shape index (κ1) is 13.2. The monoisotopic (exact) mass is 380 g/mol. The number of hydrogen-bond donors (Lipinski definition) is 0. The van der Waals surface area contributed by atoms with Gasteiger partial charge in [-0.05, 0) is 46.6 Å². The first-order valence-corrected chi connectivity index (χ1v) is 7.37. The largest absolute Gasteiger partial charge is 0.207 e. The Bertz CT molecular complexity index is 551. The Balaban J connectivity index is 2.50. The lowest BCUT2D eigenvalue weighted by molar-refractivity contribution is 0.556. The van der Waals surface area contributed by atoms with Crippen LogP contribution < -0.4 is 0 Å². The molecule has 2 rings (SSSR count). The highest BCUT2D eigenvalue weighted by Crippen LogP contribution is 2.39. The molecule has 0 aliphatic rings. The Morgan fingerprint density at radius 3 is 2.47 bits per heavy atom. The van der Waals surface area contributed by atoms with Crippen LogP contribution in [-0.4, -0.2) is 0 Å². The van der Waals surface area contributed by atoms with Gasteiger partial charge in [-0.2, -0.15) is 0 Å². The Kier molecular flexibility index (Phi) is 4.00. The molecule has 0 aliphatic carbocycles. The van der Waals surface area contributed by atoms with Crippen LogP contribution in [0.4, 0.5) is 8.78 Å². The van der Waals surface area contributed by atoms with Crippen LogP contribution >= 0.6 is 43.2 Å². The maximum absolute atomic E-state index is 13.9. The predicted molar refractivity (Wildman–Crippen MR) is 73.9 cm³/mol. The number of alkyl halides is 1. The molecule has 0 amide bonds. The molecular weight excluding hydrogens is 374 g/mol. The van der Waals surface area contributed by atoms with Gasteiger partial charge in [0, 0.05) is 10.4 Å². The normalized spacial score (nSPS) is 12.8. The molecule has 17 heavy (non-hydrogen) atoms. The second-order valence-corrected chi connectivity index (χ2v) is 7.01. The van der Waals surface area contributed by atoms with Crippen molar-refractivity contribution in [3.63, 3.8) is 0 Å². The summed E-state index contributed by atoms with van der Waals surface area (Å²) in [6, 6.07) is 6.44. The van der Waals surface area contributed by atoms with Gasteiger partial charge in [-0.15, -0.1) is 11.3 Å². The van der Waals surface area contributed by atoms with Crippen molar-refractivity contribution in [2.24, 2.45) is 0 Å². The van der Waals surface area contributed by atoms with Gasteiger partial charge in [-0.1, -0.05) is 22.0 Å². The number of rotatable bonds is 2. The molecule has 0 nitrogen and oxygen atoms in total. The standard InChI is InChI=1S/C12H8Br2F2S/c1-6-2-3-7(15)10(12(6)16)11(14)8-4-5-9(13)17-8/h2-5,11H,1H3. The zero-order valence-corrected chi connectivity index (χ0v) is 12.8. The molecule has 0 aliphatic heterocycles. The van der Waals surface area contributed by atoms with Crippen molar-refractivity contribution >= 4 is 43.2 Å². The Labute approximate surface area is 119 Å². The number of benzene rings is 1. The van der Waals surface area contributed by atoms with E-state index in [0.717, 1.165) is 8.66 Å². The minimum atomic E-state index is -0.528. The van der Waals surface area contributed by atoms with Crippen molar-refractivity contribution < 1.29 is 8.78 Å². The van der Waals surface area contributed by atoms with E-state index in [9.17, 15) is 8.78 Å². The van der Waals surface area contributed by atoms with Crippen molar-refractivity contribution in [3.8, 4) is 0 Å². The molecule has 1 aromatic heterocycles. The first-order chi connectivity index (χ1) is 8.00. The van der Waals surface area contributed by atoms with Crippen molar-refractivity contribution in [1.82, 2.24) is 0 Å². The third-order valence-corrected chi connectivity index (χ3v) is 5.36. The van der Waals surface area contributed by atoms with E-state index in [1.807, 2.05) is 12.1 Å². The number of halogens is 4. The van der Waals surface area contributed by atoms with E-state index in [0.29, 0.717) is 5.56 Å². The van der Waals surface area contributed by atoms with Gasteiger partial charge >= 0.3 is 0 Å². The Morgan fingerprint density at radius 2 is 1.88 bits per heavy atom. The van der Waals surface area contributed by atoms with Gasteiger partial charge in [0.25, 0.3) is 0 Å². The molecule has 2 aromatic rings. The molecule has 0 fully saturated rings. The summed E-state index contributed by atoms with van der Waals surface area (Å²) in [6.45, 7) is 1.63. The molecule has 5 heteroatoms. The lowest BCUT2D eigenvalue weighted by atomic mass is 10.1. The van der Waals surface area contributed by atoms with E-state index < -0.39 is 16.5 Å². The average Bonchev–Trinajstić information content (AvgIpc) is 2.71. The fourth-order valence-electron chi connectivity index (χ4n) is 1.52. The van der Waals surface area contributed by atoms with Crippen LogP contribution in [0.15, 0.2) is 28.1 Å². The minimum Gasteiger partial charge on any atom is -0.207 e. The maximum Gasteiger partial charge on any atom is 0.133 e. The molecule has 1 aromatic carbocycles. The van der Waals surface area contributed by atoms with Crippen LogP contribution in [0.25, 0.3) is 0 Å².